The van der Waals surface area contributed by atoms with Crippen LogP contribution in [0.5, 0.6) is 0 Å². The third-order valence-corrected chi connectivity index (χ3v) is 4.13. The first kappa shape index (κ1) is 15.9. The minimum absolute atomic E-state index is 0.175. The molecule has 1 aromatic heterocycles. The molecule has 1 aliphatic rings. The highest BCUT2D eigenvalue weighted by Gasteiger charge is 2.43. The first-order valence-corrected chi connectivity index (χ1v) is 7.42. The molecule has 0 radical (unpaired) electrons. The van der Waals surface area contributed by atoms with Crippen molar-refractivity contribution in [3.05, 3.63) is 69.3 Å². The summed E-state index contributed by atoms with van der Waals surface area (Å²) >= 11 is 0. The van der Waals surface area contributed by atoms with Gasteiger partial charge in [-0.25, -0.2) is 0 Å². The van der Waals surface area contributed by atoms with E-state index < -0.39 is 29.8 Å². The van der Waals surface area contributed by atoms with Gasteiger partial charge in [0.15, 0.2) is 5.43 Å². The van der Waals surface area contributed by atoms with Crippen LogP contribution in [-0.4, -0.2) is 32.6 Å². The van der Waals surface area contributed by atoms with E-state index >= 15 is 0 Å². The number of aliphatic hydroxyl groups is 4. The molecule has 3 rings (SSSR count). The average molecular weight is 318 g/mol. The summed E-state index contributed by atoms with van der Waals surface area (Å²) in [5.74, 6) is 0.179. The smallest absolute Gasteiger partial charge is 0.191 e. The minimum Gasteiger partial charge on any atom is -0.463 e. The number of aliphatic hydroxyl groups excluding tert-OH is 4. The number of hydrogen-bond acceptors (Lipinski definition) is 6. The Morgan fingerprint density at radius 2 is 1.57 bits per heavy atom. The molecular formula is C17H18O6. The lowest BCUT2D eigenvalue weighted by molar-refractivity contribution is -0.128. The zero-order chi connectivity index (χ0) is 16.6. The highest BCUT2D eigenvalue weighted by Crippen LogP contribution is 2.35. The predicted molar refractivity (Wildman–Crippen MR) is 80.8 cm³/mol. The topological polar surface area (TPSA) is 111 Å². The number of hydrogen-bond donors (Lipinski definition) is 4. The quantitative estimate of drug-likeness (QED) is 0.644. The fourth-order valence-corrected chi connectivity index (χ4v) is 2.82. The van der Waals surface area contributed by atoms with E-state index in [0.717, 1.165) is 5.56 Å². The Balaban J connectivity index is 1.91. The average Bonchev–Trinajstić information content (AvgIpc) is 2.56. The molecule has 1 aromatic carbocycles. The molecule has 0 saturated carbocycles. The molecule has 1 aliphatic carbocycles. The number of aryl methyl sites for hydroxylation is 2. The Morgan fingerprint density at radius 3 is 2.26 bits per heavy atom. The molecule has 6 nitrogen and oxygen atoms in total. The van der Waals surface area contributed by atoms with Crippen LogP contribution in [0.2, 0.25) is 0 Å². The monoisotopic (exact) mass is 318 g/mol. The molecule has 1 heterocycles. The van der Waals surface area contributed by atoms with E-state index in [2.05, 4.69) is 0 Å². The van der Waals surface area contributed by atoms with Gasteiger partial charge >= 0.3 is 0 Å². The molecule has 122 valence electrons. The number of benzene rings is 1. The van der Waals surface area contributed by atoms with Crippen LogP contribution in [0.25, 0.3) is 0 Å². The van der Waals surface area contributed by atoms with Gasteiger partial charge in [-0.1, -0.05) is 30.3 Å². The van der Waals surface area contributed by atoms with E-state index in [1.54, 1.807) is 0 Å². The fraction of sp³-hybridized carbons (Fsp3) is 0.353. The van der Waals surface area contributed by atoms with Gasteiger partial charge in [-0.05, 0) is 12.0 Å². The maximum Gasteiger partial charge on any atom is 0.191 e. The third kappa shape index (κ3) is 2.94. The second-order valence-corrected chi connectivity index (χ2v) is 5.71. The number of rotatable bonds is 3. The molecule has 0 saturated heterocycles. The summed E-state index contributed by atoms with van der Waals surface area (Å²) in [6.45, 7) is 0. The maximum absolute atomic E-state index is 12.2. The van der Waals surface area contributed by atoms with Gasteiger partial charge in [0.05, 0.1) is 5.56 Å². The van der Waals surface area contributed by atoms with Crippen LogP contribution < -0.4 is 5.43 Å². The van der Waals surface area contributed by atoms with Gasteiger partial charge in [-0.2, -0.15) is 0 Å². The molecule has 0 fully saturated rings. The van der Waals surface area contributed by atoms with Crippen LogP contribution in [0.1, 0.15) is 34.9 Å². The second kappa shape index (κ2) is 6.25. The molecule has 0 aliphatic heterocycles. The second-order valence-electron chi connectivity index (χ2n) is 5.71. The zero-order valence-corrected chi connectivity index (χ0v) is 12.3. The molecule has 4 atom stereocenters. The normalized spacial score (nSPS) is 26.8. The van der Waals surface area contributed by atoms with Crippen LogP contribution in [0.3, 0.4) is 0 Å². The number of fused-ring (bicyclic) bond motifs is 1. The zero-order valence-electron chi connectivity index (χ0n) is 12.3. The Morgan fingerprint density at radius 1 is 0.913 bits per heavy atom. The van der Waals surface area contributed by atoms with E-state index in [-0.39, 0.29) is 11.3 Å². The summed E-state index contributed by atoms with van der Waals surface area (Å²) in [6, 6.07) is 10.9. The van der Waals surface area contributed by atoms with Gasteiger partial charge in [0.1, 0.15) is 35.9 Å². The lowest BCUT2D eigenvalue weighted by Crippen LogP contribution is -2.44. The SMILES string of the molecule is O=c1cc(CCc2ccccc2)oc2c1[C@@H](O)[C@H](O)[C@@H](O)[C@@H]2O. The first-order valence-electron chi connectivity index (χ1n) is 7.42. The van der Waals surface area contributed by atoms with Gasteiger partial charge in [-0.3, -0.25) is 4.79 Å². The van der Waals surface area contributed by atoms with Crippen LogP contribution in [0.4, 0.5) is 0 Å². The molecule has 0 bridgehead atoms. The highest BCUT2D eigenvalue weighted by molar-refractivity contribution is 5.29. The molecule has 6 heteroatoms. The van der Waals surface area contributed by atoms with E-state index in [0.29, 0.717) is 18.6 Å². The molecule has 23 heavy (non-hydrogen) atoms. The first-order chi connectivity index (χ1) is 11.0. The van der Waals surface area contributed by atoms with Crippen molar-refractivity contribution >= 4 is 0 Å². The summed E-state index contributed by atoms with van der Waals surface area (Å²) < 4.78 is 5.52. The predicted octanol–water partition coefficient (Wildman–Crippen LogP) is 0.227. The fourth-order valence-electron chi connectivity index (χ4n) is 2.82. The van der Waals surface area contributed by atoms with Gasteiger partial charge in [0, 0.05) is 12.5 Å². The molecule has 4 N–H and O–H groups in total. The summed E-state index contributed by atoms with van der Waals surface area (Å²) in [7, 11) is 0. The van der Waals surface area contributed by atoms with E-state index in [9.17, 15) is 25.2 Å². The summed E-state index contributed by atoms with van der Waals surface area (Å²) in [5, 5.41) is 39.3. The summed E-state index contributed by atoms with van der Waals surface area (Å²) in [6.07, 6.45) is -5.28. The van der Waals surface area contributed by atoms with Gasteiger partial charge < -0.3 is 24.8 Å². The van der Waals surface area contributed by atoms with Crippen molar-refractivity contribution in [2.24, 2.45) is 0 Å². The van der Waals surface area contributed by atoms with Gasteiger partial charge in [0.25, 0.3) is 0 Å². The lowest BCUT2D eigenvalue weighted by atomic mass is 9.87. The Kier molecular flexibility index (Phi) is 4.32. The van der Waals surface area contributed by atoms with Gasteiger partial charge in [-0.15, -0.1) is 0 Å². The van der Waals surface area contributed by atoms with E-state index in [1.165, 1.54) is 6.07 Å². The maximum atomic E-state index is 12.2. The molecule has 0 amide bonds. The lowest BCUT2D eigenvalue weighted by Gasteiger charge is -2.32. The Labute approximate surface area is 132 Å². The van der Waals surface area contributed by atoms with Crippen molar-refractivity contribution in [2.45, 2.75) is 37.3 Å². The van der Waals surface area contributed by atoms with Crippen molar-refractivity contribution in [1.82, 2.24) is 0 Å². The van der Waals surface area contributed by atoms with Crippen molar-refractivity contribution < 1.29 is 24.8 Å². The molecular weight excluding hydrogens is 300 g/mol. The minimum atomic E-state index is -1.63. The van der Waals surface area contributed by atoms with Gasteiger partial charge in [0.2, 0.25) is 0 Å². The van der Waals surface area contributed by atoms with E-state index in [1.807, 2.05) is 30.3 Å². The largest absolute Gasteiger partial charge is 0.463 e. The standard InChI is InChI=1S/C17H18O6/c18-11-8-10(7-6-9-4-2-1-3-5-9)23-17-12(11)13(19)14(20)15(21)16(17)22/h1-5,8,13-16,19-22H,6-7H2/t13-,14+,15-,16+/m1/s1. The molecule has 2 aromatic rings. The van der Waals surface area contributed by atoms with Crippen molar-refractivity contribution in [3.8, 4) is 0 Å². The van der Waals surface area contributed by atoms with Crippen molar-refractivity contribution in [1.29, 1.82) is 0 Å². The van der Waals surface area contributed by atoms with Crippen LogP contribution in [0, 0.1) is 0 Å². The molecule has 0 unspecified atom stereocenters. The summed E-state index contributed by atoms with van der Waals surface area (Å²) in [4.78, 5) is 12.2. The van der Waals surface area contributed by atoms with Crippen molar-refractivity contribution in [3.63, 3.8) is 0 Å². The summed E-state index contributed by atoms with van der Waals surface area (Å²) in [5.41, 5.74) is 0.356. The van der Waals surface area contributed by atoms with Crippen LogP contribution in [-0.2, 0) is 12.8 Å². The van der Waals surface area contributed by atoms with E-state index in [4.69, 9.17) is 4.42 Å². The van der Waals surface area contributed by atoms with Crippen molar-refractivity contribution in [2.75, 3.05) is 0 Å². The Bertz CT molecular complexity index is 738. The highest BCUT2D eigenvalue weighted by atomic mass is 16.4. The third-order valence-electron chi connectivity index (χ3n) is 4.13. The Hall–Kier alpha value is -1.99. The van der Waals surface area contributed by atoms with Crippen LogP contribution in [0.15, 0.2) is 45.6 Å². The van der Waals surface area contributed by atoms with Crippen LogP contribution >= 0.6 is 0 Å². The molecule has 0 spiro atoms.